The molecule has 1 aromatic carbocycles. The van der Waals surface area contributed by atoms with Crippen LogP contribution in [0.4, 0.5) is 4.79 Å². The van der Waals surface area contributed by atoms with Gasteiger partial charge in [-0.15, -0.1) is 0 Å². The first kappa shape index (κ1) is 14.3. The third kappa shape index (κ3) is 3.69. The fraction of sp³-hybridized carbons (Fsp3) is 0.500. The van der Waals surface area contributed by atoms with Gasteiger partial charge in [-0.25, -0.2) is 14.9 Å². The van der Waals surface area contributed by atoms with Crippen molar-refractivity contribution in [1.29, 1.82) is 0 Å². The van der Waals surface area contributed by atoms with E-state index in [0.717, 1.165) is 24.8 Å². The predicted octanol–water partition coefficient (Wildman–Crippen LogP) is 3.15. The molecule has 0 aliphatic heterocycles. The van der Waals surface area contributed by atoms with Crippen LogP contribution in [0, 0.1) is 10.1 Å². The molecule has 1 fully saturated rings. The quantitative estimate of drug-likeness (QED) is 0.626. The van der Waals surface area contributed by atoms with Gasteiger partial charge in [0, 0.05) is 0 Å². The van der Waals surface area contributed by atoms with Crippen molar-refractivity contribution in [2.24, 2.45) is 0 Å². The molecule has 1 aliphatic rings. The Bertz CT molecular complexity index is 458. The summed E-state index contributed by atoms with van der Waals surface area (Å²) in [6, 6.07) is 8.79. The maximum absolute atomic E-state index is 11.9. The second kappa shape index (κ2) is 6.88. The maximum atomic E-state index is 11.9. The van der Waals surface area contributed by atoms with E-state index in [1.165, 1.54) is 0 Å². The average Bonchev–Trinajstić information content (AvgIpc) is 2.47. The Labute approximate surface area is 117 Å². The van der Waals surface area contributed by atoms with Gasteiger partial charge < -0.3 is 4.74 Å². The van der Waals surface area contributed by atoms with E-state index in [1.54, 1.807) is 0 Å². The summed E-state index contributed by atoms with van der Waals surface area (Å²) in [6.07, 6.45) is 3.37. The highest BCUT2D eigenvalue weighted by molar-refractivity contribution is 5.66. The second-order valence-corrected chi connectivity index (χ2v) is 4.91. The van der Waals surface area contributed by atoms with Crippen LogP contribution in [-0.4, -0.2) is 22.2 Å². The summed E-state index contributed by atoms with van der Waals surface area (Å²) in [4.78, 5) is 23.0. The number of hydrogen-bond donors (Lipinski definition) is 0. The summed E-state index contributed by atoms with van der Waals surface area (Å²) < 4.78 is 5.05. The highest BCUT2D eigenvalue weighted by Gasteiger charge is 2.35. The number of benzene rings is 1. The Morgan fingerprint density at radius 2 is 1.90 bits per heavy atom. The molecule has 6 nitrogen and oxygen atoms in total. The van der Waals surface area contributed by atoms with Crippen molar-refractivity contribution < 1.29 is 14.6 Å². The van der Waals surface area contributed by atoms with E-state index in [-0.39, 0.29) is 12.6 Å². The normalized spacial score (nSPS) is 15.6. The summed E-state index contributed by atoms with van der Waals surface area (Å²) in [5.41, 5.74) is 0.813. The number of carbonyl (C=O) groups excluding carboxylic acids is 1. The molecule has 0 radical (unpaired) electrons. The lowest BCUT2D eigenvalue weighted by Gasteiger charge is -2.25. The standard InChI is InChI=1S/C14H18N2O4/c17-14(20-11-12-7-3-1-4-8-12)15(16(18)19)13-9-5-2-6-10-13/h1,3-4,7-8,13H,2,5-6,9-11H2. The number of amides is 1. The number of nitro groups is 1. The number of rotatable bonds is 4. The largest absolute Gasteiger partial charge is 0.468 e. The van der Waals surface area contributed by atoms with Gasteiger partial charge in [-0.2, -0.15) is 0 Å². The van der Waals surface area contributed by atoms with Crippen molar-refractivity contribution in [3.8, 4) is 0 Å². The minimum absolute atomic E-state index is 0.0523. The monoisotopic (exact) mass is 278 g/mol. The van der Waals surface area contributed by atoms with Crippen LogP contribution in [0.15, 0.2) is 30.3 Å². The van der Waals surface area contributed by atoms with E-state index < -0.39 is 11.1 Å². The third-order valence-electron chi connectivity index (χ3n) is 3.49. The van der Waals surface area contributed by atoms with Gasteiger partial charge in [-0.3, -0.25) is 0 Å². The number of nitrogens with zero attached hydrogens (tertiary/aromatic N) is 2. The van der Waals surface area contributed by atoms with Gasteiger partial charge in [0.05, 0.1) is 0 Å². The minimum atomic E-state index is -0.870. The number of carbonyl (C=O) groups is 1. The fourth-order valence-electron chi connectivity index (χ4n) is 2.46. The van der Waals surface area contributed by atoms with Crippen LogP contribution in [0.3, 0.4) is 0 Å². The van der Waals surface area contributed by atoms with Crippen LogP contribution < -0.4 is 0 Å². The fourth-order valence-corrected chi connectivity index (χ4v) is 2.46. The Hall–Kier alpha value is -2.11. The molecule has 0 atom stereocenters. The predicted molar refractivity (Wildman–Crippen MR) is 72.3 cm³/mol. The van der Waals surface area contributed by atoms with Crippen molar-refractivity contribution in [2.45, 2.75) is 44.8 Å². The first-order valence-corrected chi connectivity index (χ1v) is 6.82. The van der Waals surface area contributed by atoms with Crippen LogP contribution in [-0.2, 0) is 11.3 Å². The molecular formula is C14H18N2O4. The number of ether oxygens (including phenoxy) is 1. The Morgan fingerprint density at radius 3 is 2.50 bits per heavy atom. The zero-order chi connectivity index (χ0) is 14.4. The number of hydrogen-bond acceptors (Lipinski definition) is 4. The van der Waals surface area contributed by atoms with Crippen LogP contribution >= 0.6 is 0 Å². The molecule has 0 bridgehead atoms. The average molecular weight is 278 g/mol. The SMILES string of the molecule is O=C(OCc1ccccc1)N(C1CCCCC1)[N+](=O)[O-]. The molecule has 1 amide bonds. The molecule has 0 unspecified atom stereocenters. The first-order valence-electron chi connectivity index (χ1n) is 6.82. The van der Waals surface area contributed by atoms with Gasteiger partial charge in [0.1, 0.15) is 12.6 Å². The lowest BCUT2D eigenvalue weighted by molar-refractivity contribution is -0.644. The molecule has 2 rings (SSSR count). The van der Waals surface area contributed by atoms with Crippen LogP contribution in [0.5, 0.6) is 0 Å². The summed E-state index contributed by atoms with van der Waals surface area (Å²) >= 11 is 0. The van der Waals surface area contributed by atoms with Gasteiger partial charge in [0.2, 0.25) is 0 Å². The lowest BCUT2D eigenvalue weighted by atomic mass is 9.95. The van der Waals surface area contributed by atoms with E-state index in [1.807, 2.05) is 30.3 Å². The van der Waals surface area contributed by atoms with Crippen LogP contribution in [0.1, 0.15) is 37.7 Å². The molecule has 1 aliphatic carbocycles. The van der Waals surface area contributed by atoms with E-state index in [0.29, 0.717) is 17.9 Å². The van der Waals surface area contributed by atoms with Crippen LogP contribution in [0.2, 0.25) is 0 Å². The van der Waals surface area contributed by atoms with Crippen molar-refractivity contribution in [3.05, 3.63) is 46.0 Å². The molecule has 6 heteroatoms. The lowest BCUT2D eigenvalue weighted by Crippen LogP contribution is -2.45. The molecule has 1 aromatic rings. The second-order valence-electron chi connectivity index (χ2n) is 4.91. The zero-order valence-corrected chi connectivity index (χ0v) is 11.2. The maximum Gasteiger partial charge on any atom is 0.468 e. The molecule has 0 heterocycles. The van der Waals surface area contributed by atoms with Gasteiger partial charge in [0.15, 0.2) is 5.03 Å². The Balaban J connectivity index is 1.95. The van der Waals surface area contributed by atoms with Gasteiger partial charge in [-0.1, -0.05) is 49.6 Å². The first-order chi connectivity index (χ1) is 9.68. The Morgan fingerprint density at radius 1 is 1.25 bits per heavy atom. The van der Waals surface area contributed by atoms with Gasteiger partial charge in [0.25, 0.3) is 0 Å². The molecule has 0 spiro atoms. The van der Waals surface area contributed by atoms with Crippen molar-refractivity contribution in [1.82, 2.24) is 5.01 Å². The minimum Gasteiger partial charge on any atom is -0.441 e. The highest BCUT2D eigenvalue weighted by atomic mass is 16.7. The third-order valence-corrected chi connectivity index (χ3v) is 3.49. The van der Waals surface area contributed by atoms with Gasteiger partial charge >= 0.3 is 6.09 Å². The summed E-state index contributed by atoms with van der Waals surface area (Å²) in [5.74, 6) is 0. The summed E-state index contributed by atoms with van der Waals surface area (Å²) in [5, 5.41) is 11.1. The molecule has 0 aromatic heterocycles. The number of hydrazine groups is 1. The molecule has 108 valence electrons. The van der Waals surface area contributed by atoms with Crippen molar-refractivity contribution in [2.75, 3.05) is 0 Å². The molecule has 20 heavy (non-hydrogen) atoms. The van der Waals surface area contributed by atoms with Crippen LogP contribution in [0.25, 0.3) is 0 Å². The molecule has 0 N–H and O–H groups in total. The highest BCUT2D eigenvalue weighted by Crippen LogP contribution is 2.23. The van der Waals surface area contributed by atoms with Gasteiger partial charge in [-0.05, 0) is 23.4 Å². The molecule has 0 saturated heterocycles. The Kier molecular flexibility index (Phi) is 4.92. The van der Waals surface area contributed by atoms with E-state index in [2.05, 4.69) is 0 Å². The van der Waals surface area contributed by atoms with Crippen molar-refractivity contribution >= 4 is 6.09 Å². The van der Waals surface area contributed by atoms with E-state index in [9.17, 15) is 14.9 Å². The smallest absolute Gasteiger partial charge is 0.441 e. The van der Waals surface area contributed by atoms with Crippen molar-refractivity contribution in [3.63, 3.8) is 0 Å². The van der Waals surface area contributed by atoms with E-state index in [4.69, 9.17) is 4.74 Å². The zero-order valence-electron chi connectivity index (χ0n) is 11.2. The molecular weight excluding hydrogens is 260 g/mol. The van der Waals surface area contributed by atoms with E-state index >= 15 is 0 Å². The topological polar surface area (TPSA) is 72.7 Å². The molecule has 1 saturated carbocycles. The summed E-state index contributed by atoms with van der Waals surface area (Å²) in [6.45, 7) is 0.0523. The summed E-state index contributed by atoms with van der Waals surface area (Å²) in [7, 11) is 0.